The fraction of sp³-hybridized carbons (Fsp3) is 0.400. The molecule has 0 amide bonds. The first kappa shape index (κ1) is 17.2. The number of hydrogen-bond donors (Lipinski definition) is 1. The van der Waals surface area contributed by atoms with E-state index in [0.29, 0.717) is 12.0 Å². The molecule has 0 radical (unpaired) electrons. The van der Waals surface area contributed by atoms with Crippen LogP contribution in [0.25, 0.3) is 0 Å². The van der Waals surface area contributed by atoms with Crippen LogP contribution in [-0.4, -0.2) is 26.2 Å². The van der Waals surface area contributed by atoms with Crippen molar-refractivity contribution >= 4 is 17.3 Å². The molecular formula is C20H24ClFN2. The average Bonchev–Trinajstić information content (AvgIpc) is 2.61. The molecule has 2 nitrogen and oxygen atoms in total. The van der Waals surface area contributed by atoms with Gasteiger partial charge in [-0.15, -0.1) is 0 Å². The number of alkyl halides is 2. The smallest absolute Gasteiger partial charge is 0.209 e. The summed E-state index contributed by atoms with van der Waals surface area (Å²) in [6, 6.07) is 15.7. The van der Waals surface area contributed by atoms with Crippen LogP contribution in [0.2, 0.25) is 0 Å². The first-order valence-corrected chi connectivity index (χ1v) is 8.92. The zero-order valence-corrected chi connectivity index (χ0v) is 14.8. The minimum atomic E-state index is -1.83. The van der Waals surface area contributed by atoms with E-state index in [9.17, 15) is 0 Å². The van der Waals surface area contributed by atoms with Crippen molar-refractivity contribution < 1.29 is 4.39 Å². The van der Waals surface area contributed by atoms with E-state index in [1.54, 1.807) is 0 Å². The largest absolute Gasteiger partial charge is 0.369 e. The third-order valence-electron chi connectivity index (χ3n) is 4.65. The molecule has 0 aliphatic carbocycles. The van der Waals surface area contributed by atoms with Crippen LogP contribution < -0.4 is 10.2 Å². The van der Waals surface area contributed by atoms with E-state index in [4.69, 9.17) is 11.6 Å². The van der Waals surface area contributed by atoms with Crippen LogP contribution in [0.3, 0.4) is 0 Å². The first-order chi connectivity index (χ1) is 11.6. The van der Waals surface area contributed by atoms with Crippen molar-refractivity contribution in [3.05, 3.63) is 65.2 Å². The highest BCUT2D eigenvalue weighted by molar-refractivity contribution is 6.22. The Kier molecular flexibility index (Phi) is 5.42. The summed E-state index contributed by atoms with van der Waals surface area (Å²) in [7, 11) is 0. The first-order valence-electron chi connectivity index (χ1n) is 8.55. The Hall–Kier alpha value is -1.58. The zero-order chi connectivity index (χ0) is 17.0. The second kappa shape index (κ2) is 7.54. The van der Waals surface area contributed by atoms with Gasteiger partial charge in [-0.2, -0.15) is 0 Å². The van der Waals surface area contributed by atoms with E-state index in [0.717, 1.165) is 37.3 Å². The summed E-state index contributed by atoms with van der Waals surface area (Å²) in [5.41, 5.74) is 3.92. The molecule has 4 heteroatoms. The average molecular weight is 347 g/mol. The number of benzene rings is 2. The maximum absolute atomic E-state index is 15.0. The fourth-order valence-corrected chi connectivity index (χ4v) is 3.45. The standard InChI is InChI=1S/C20H24ClFN2/c1-16-15-18(7-8-19(16)24-13-11-23-12-14-24)20(21,22)10-9-17-5-3-2-4-6-17/h2-8,15,23H,9-14H2,1H3. The molecule has 1 heterocycles. The van der Waals surface area contributed by atoms with Crippen molar-refractivity contribution in [1.82, 2.24) is 5.32 Å². The van der Waals surface area contributed by atoms with Crippen LogP contribution >= 0.6 is 11.6 Å². The SMILES string of the molecule is Cc1cc(C(F)(Cl)CCc2ccccc2)ccc1N1CCNCC1. The lowest BCUT2D eigenvalue weighted by atomic mass is 9.99. The van der Waals surface area contributed by atoms with Gasteiger partial charge in [-0.05, 0) is 36.6 Å². The number of nitrogens with zero attached hydrogens (tertiary/aromatic N) is 1. The van der Waals surface area contributed by atoms with Crippen molar-refractivity contribution in [3.8, 4) is 0 Å². The Morgan fingerprint density at radius 3 is 2.50 bits per heavy atom. The van der Waals surface area contributed by atoms with Gasteiger partial charge in [-0.25, -0.2) is 4.39 Å². The molecule has 1 aliphatic heterocycles. The van der Waals surface area contributed by atoms with Gasteiger partial charge in [0.05, 0.1) is 0 Å². The van der Waals surface area contributed by atoms with Gasteiger partial charge >= 0.3 is 0 Å². The van der Waals surface area contributed by atoms with Crippen LogP contribution in [0, 0.1) is 6.92 Å². The molecule has 0 aromatic heterocycles. The lowest BCUT2D eigenvalue weighted by Gasteiger charge is -2.31. The molecule has 2 aromatic carbocycles. The van der Waals surface area contributed by atoms with Crippen LogP contribution in [0.5, 0.6) is 0 Å². The van der Waals surface area contributed by atoms with E-state index in [1.165, 1.54) is 5.69 Å². The van der Waals surface area contributed by atoms with Crippen molar-refractivity contribution in [1.29, 1.82) is 0 Å². The quantitative estimate of drug-likeness (QED) is 0.807. The molecule has 128 valence electrons. The maximum Gasteiger partial charge on any atom is 0.209 e. The van der Waals surface area contributed by atoms with Gasteiger partial charge in [0.15, 0.2) is 0 Å². The molecule has 0 saturated carbocycles. The summed E-state index contributed by atoms with van der Waals surface area (Å²) < 4.78 is 15.0. The van der Waals surface area contributed by atoms with Crippen molar-refractivity contribution in [3.63, 3.8) is 0 Å². The number of halogens is 2. The van der Waals surface area contributed by atoms with E-state index in [1.807, 2.05) is 55.5 Å². The van der Waals surface area contributed by atoms with Gasteiger partial charge in [0.2, 0.25) is 5.13 Å². The van der Waals surface area contributed by atoms with E-state index in [-0.39, 0.29) is 6.42 Å². The van der Waals surface area contributed by atoms with Gasteiger partial charge in [-0.3, -0.25) is 0 Å². The predicted molar refractivity (Wildman–Crippen MR) is 99.7 cm³/mol. The lowest BCUT2D eigenvalue weighted by Crippen LogP contribution is -2.43. The van der Waals surface area contributed by atoms with Crippen LogP contribution in [-0.2, 0) is 11.5 Å². The van der Waals surface area contributed by atoms with Crippen molar-refractivity contribution in [2.45, 2.75) is 24.9 Å². The number of hydrogen-bond acceptors (Lipinski definition) is 2. The second-order valence-corrected chi connectivity index (χ2v) is 7.03. The van der Waals surface area contributed by atoms with Crippen LogP contribution in [0.15, 0.2) is 48.5 Å². The summed E-state index contributed by atoms with van der Waals surface area (Å²) in [5, 5.41) is 1.52. The molecule has 1 aliphatic rings. The molecule has 1 fully saturated rings. The van der Waals surface area contributed by atoms with Crippen molar-refractivity contribution in [2.24, 2.45) is 0 Å². The molecule has 1 saturated heterocycles. The minimum absolute atomic E-state index is 0.269. The molecule has 1 atom stereocenters. The lowest BCUT2D eigenvalue weighted by molar-refractivity contribution is 0.265. The summed E-state index contributed by atoms with van der Waals surface area (Å²) >= 11 is 6.23. The summed E-state index contributed by atoms with van der Waals surface area (Å²) in [6.07, 6.45) is 0.893. The van der Waals surface area contributed by atoms with Gasteiger partial charge in [-0.1, -0.05) is 48.0 Å². The highest BCUT2D eigenvalue weighted by Crippen LogP contribution is 2.37. The monoisotopic (exact) mass is 346 g/mol. The number of rotatable bonds is 5. The second-order valence-electron chi connectivity index (χ2n) is 6.43. The van der Waals surface area contributed by atoms with Gasteiger partial charge in [0, 0.05) is 43.9 Å². The van der Waals surface area contributed by atoms with E-state index >= 15 is 4.39 Å². The van der Waals surface area contributed by atoms with Gasteiger partial charge in [0.1, 0.15) is 0 Å². The molecule has 24 heavy (non-hydrogen) atoms. The molecular weight excluding hydrogens is 323 g/mol. The number of piperazine rings is 1. The maximum atomic E-state index is 15.0. The molecule has 0 bridgehead atoms. The van der Waals surface area contributed by atoms with Crippen LogP contribution in [0.4, 0.5) is 10.1 Å². The Morgan fingerprint density at radius 1 is 1.12 bits per heavy atom. The third-order valence-corrected chi connectivity index (χ3v) is 5.05. The summed E-state index contributed by atoms with van der Waals surface area (Å²) in [6.45, 7) is 5.97. The summed E-state index contributed by atoms with van der Waals surface area (Å²) in [4.78, 5) is 2.34. The Labute approximate surface area is 148 Å². The highest BCUT2D eigenvalue weighted by Gasteiger charge is 2.29. The highest BCUT2D eigenvalue weighted by atomic mass is 35.5. The van der Waals surface area contributed by atoms with Gasteiger partial charge in [0.25, 0.3) is 0 Å². The summed E-state index contributed by atoms with van der Waals surface area (Å²) in [5.74, 6) is 0. The van der Waals surface area contributed by atoms with Gasteiger partial charge < -0.3 is 10.2 Å². The third kappa shape index (κ3) is 4.08. The Morgan fingerprint density at radius 2 is 1.83 bits per heavy atom. The molecule has 0 spiro atoms. The Bertz CT molecular complexity index is 667. The molecule has 3 rings (SSSR count). The molecule has 1 N–H and O–H groups in total. The molecule has 2 aromatic rings. The number of nitrogens with one attached hydrogen (secondary N) is 1. The topological polar surface area (TPSA) is 15.3 Å². The fourth-order valence-electron chi connectivity index (χ4n) is 3.23. The minimum Gasteiger partial charge on any atom is -0.369 e. The van der Waals surface area contributed by atoms with E-state index in [2.05, 4.69) is 10.2 Å². The Balaban J connectivity index is 1.72. The number of aryl methyl sites for hydroxylation is 2. The zero-order valence-electron chi connectivity index (χ0n) is 14.1. The van der Waals surface area contributed by atoms with Crippen molar-refractivity contribution in [2.75, 3.05) is 31.1 Å². The normalized spacial score (nSPS) is 17.5. The van der Waals surface area contributed by atoms with E-state index < -0.39 is 5.13 Å². The molecule has 1 unspecified atom stereocenters. The predicted octanol–water partition coefficient (Wildman–Crippen LogP) is 4.40. The number of anilines is 1. The van der Waals surface area contributed by atoms with Crippen LogP contribution in [0.1, 0.15) is 23.1 Å².